The van der Waals surface area contributed by atoms with E-state index >= 15 is 0 Å². The van der Waals surface area contributed by atoms with Crippen molar-refractivity contribution in [2.45, 2.75) is 19.3 Å². The summed E-state index contributed by atoms with van der Waals surface area (Å²) in [5.74, 6) is 0.0727. The minimum absolute atomic E-state index is 0.111. The first-order chi connectivity index (χ1) is 11.2. The number of carboxylic acids is 1. The highest BCUT2D eigenvalue weighted by Crippen LogP contribution is 2.30. The SMILES string of the molecule is N#Cc1cc(-c2ncccc2C(=O)O)ccc1OCC1CCC1. The van der Waals surface area contributed by atoms with E-state index in [4.69, 9.17) is 4.74 Å². The molecule has 1 heterocycles. The minimum Gasteiger partial charge on any atom is -0.492 e. The highest BCUT2D eigenvalue weighted by Gasteiger charge is 2.19. The average Bonchev–Trinajstić information content (AvgIpc) is 2.53. The second kappa shape index (κ2) is 6.49. The van der Waals surface area contributed by atoms with E-state index < -0.39 is 5.97 Å². The highest BCUT2D eigenvalue weighted by atomic mass is 16.5. The van der Waals surface area contributed by atoms with Gasteiger partial charge in [-0.15, -0.1) is 0 Å². The van der Waals surface area contributed by atoms with Gasteiger partial charge in [-0.25, -0.2) is 4.79 Å². The van der Waals surface area contributed by atoms with Crippen LogP contribution in [0.1, 0.15) is 35.2 Å². The van der Waals surface area contributed by atoms with E-state index in [0.717, 1.165) is 0 Å². The predicted molar refractivity (Wildman–Crippen MR) is 84.2 cm³/mol. The lowest BCUT2D eigenvalue weighted by Gasteiger charge is -2.25. The Kier molecular flexibility index (Phi) is 4.24. The molecule has 2 aromatic rings. The molecule has 0 amide bonds. The van der Waals surface area contributed by atoms with Gasteiger partial charge in [-0.1, -0.05) is 6.42 Å². The van der Waals surface area contributed by atoms with Crippen molar-refractivity contribution in [1.82, 2.24) is 4.98 Å². The molecule has 0 aliphatic heterocycles. The Morgan fingerprint density at radius 3 is 2.87 bits per heavy atom. The maximum atomic E-state index is 11.3. The van der Waals surface area contributed by atoms with Gasteiger partial charge in [-0.05, 0) is 49.1 Å². The molecule has 3 rings (SSSR count). The summed E-state index contributed by atoms with van der Waals surface area (Å²) in [6, 6.07) is 10.3. The number of carbonyl (C=O) groups is 1. The zero-order chi connectivity index (χ0) is 16.2. The fraction of sp³-hybridized carbons (Fsp3) is 0.278. The third-order valence-electron chi connectivity index (χ3n) is 4.11. The van der Waals surface area contributed by atoms with Crippen LogP contribution in [0.2, 0.25) is 0 Å². The van der Waals surface area contributed by atoms with Gasteiger partial charge in [0.15, 0.2) is 0 Å². The van der Waals surface area contributed by atoms with Crippen molar-refractivity contribution in [2.24, 2.45) is 5.92 Å². The molecule has 0 spiro atoms. The molecular formula is C18H16N2O3. The number of aromatic carboxylic acids is 1. The third kappa shape index (κ3) is 3.16. The van der Waals surface area contributed by atoms with E-state index in [-0.39, 0.29) is 5.56 Å². The summed E-state index contributed by atoms with van der Waals surface area (Å²) in [6.07, 6.45) is 5.14. The summed E-state index contributed by atoms with van der Waals surface area (Å²) in [5, 5.41) is 18.6. The van der Waals surface area contributed by atoms with Crippen LogP contribution in [0.25, 0.3) is 11.3 Å². The number of nitrogens with zero attached hydrogens (tertiary/aromatic N) is 2. The van der Waals surface area contributed by atoms with Crippen LogP contribution in [0, 0.1) is 17.2 Å². The number of aromatic nitrogens is 1. The van der Waals surface area contributed by atoms with Crippen molar-refractivity contribution in [3.05, 3.63) is 47.7 Å². The average molecular weight is 308 g/mol. The quantitative estimate of drug-likeness (QED) is 0.914. The van der Waals surface area contributed by atoms with Gasteiger partial charge in [-0.3, -0.25) is 4.98 Å². The minimum atomic E-state index is -1.04. The van der Waals surface area contributed by atoms with Gasteiger partial charge in [0.1, 0.15) is 11.8 Å². The Morgan fingerprint density at radius 2 is 2.22 bits per heavy atom. The van der Waals surface area contributed by atoms with E-state index in [2.05, 4.69) is 11.1 Å². The fourth-order valence-corrected chi connectivity index (χ4v) is 2.57. The van der Waals surface area contributed by atoms with Crippen LogP contribution < -0.4 is 4.74 Å². The first kappa shape index (κ1) is 15.0. The van der Waals surface area contributed by atoms with Crippen LogP contribution in [0.15, 0.2) is 36.5 Å². The zero-order valence-corrected chi connectivity index (χ0v) is 12.5. The molecule has 0 bridgehead atoms. The third-order valence-corrected chi connectivity index (χ3v) is 4.11. The Morgan fingerprint density at radius 1 is 1.39 bits per heavy atom. The molecule has 1 fully saturated rings. The van der Waals surface area contributed by atoms with Crippen LogP contribution in [-0.4, -0.2) is 22.7 Å². The topological polar surface area (TPSA) is 83.2 Å². The molecule has 0 radical (unpaired) electrons. The molecule has 0 saturated heterocycles. The predicted octanol–water partition coefficient (Wildman–Crippen LogP) is 3.50. The lowest BCUT2D eigenvalue weighted by molar-refractivity contribution is 0.0697. The van der Waals surface area contributed by atoms with Gasteiger partial charge in [0.25, 0.3) is 0 Å². The zero-order valence-electron chi connectivity index (χ0n) is 12.5. The summed E-state index contributed by atoms with van der Waals surface area (Å²) in [4.78, 5) is 15.4. The van der Waals surface area contributed by atoms with Crippen LogP contribution in [0.5, 0.6) is 5.75 Å². The molecule has 1 N–H and O–H groups in total. The van der Waals surface area contributed by atoms with Crippen molar-refractivity contribution in [2.75, 3.05) is 6.61 Å². The lowest BCUT2D eigenvalue weighted by Crippen LogP contribution is -2.19. The van der Waals surface area contributed by atoms with Crippen LogP contribution in [-0.2, 0) is 0 Å². The molecule has 1 aliphatic carbocycles. The van der Waals surface area contributed by atoms with E-state index in [1.54, 1.807) is 24.3 Å². The van der Waals surface area contributed by atoms with E-state index in [9.17, 15) is 15.2 Å². The van der Waals surface area contributed by atoms with Gasteiger partial charge in [0.05, 0.1) is 23.4 Å². The highest BCUT2D eigenvalue weighted by molar-refractivity contribution is 5.94. The van der Waals surface area contributed by atoms with E-state index in [1.165, 1.54) is 31.5 Å². The maximum absolute atomic E-state index is 11.3. The monoisotopic (exact) mass is 308 g/mol. The van der Waals surface area contributed by atoms with Crippen LogP contribution >= 0.6 is 0 Å². The summed E-state index contributed by atoms with van der Waals surface area (Å²) < 4.78 is 5.74. The molecule has 0 atom stereocenters. The number of pyridine rings is 1. The Labute approximate surface area is 134 Å². The molecule has 116 valence electrons. The Bertz CT molecular complexity index is 776. The largest absolute Gasteiger partial charge is 0.492 e. The summed E-state index contributed by atoms with van der Waals surface area (Å²) in [7, 11) is 0. The molecule has 1 aromatic carbocycles. The molecular weight excluding hydrogens is 292 g/mol. The van der Waals surface area contributed by atoms with Crippen molar-refractivity contribution in [3.8, 4) is 23.1 Å². The summed E-state index contributed by atoms with van der Waals surface area (Å²) >= 11 is 0. The van der Waals surface area contributed by atoms with E-state index in [0.29, 0.717) is 35.1 Å². The van der Waals surface area contributed by atoms with Gasteiger partial charge < -0.3 is 9.84 Å². The number of hydrogen-bond acceptors (Lipinski definition) is 4. The first-order valence-electron chi connectivity index (χ1n) is 7.54. The van der Waals surface area contributed by atoms with Crippen molar-refractivity contribution in [3.63, 3.8) is 0 Å². The number of benzene rings is 1. The van der Waals surface area contributed by atoms with Gasteiger partial charge in [0, 0.05) is 11.8 Å². The van der Waals surface area contributed by atoms with E-state index in [1.807, 2.05) is 0 Å². The van der Waals surface area contributed by atoms with Gasteiger partial charge in [0.2, 0.25) is 0 Å². The Hall–Kier alpha value is -2.87. The molecule has 5 heteroatoms. The fourth-order valence-electron chi connectivity index (χ4n) is 2.57. The van der Waals surface area contributed by atoms with Crippen molar-refractivity contribution < 1.29 is 14.6 Å². The first-order valence-corrected chi connectivity index (χ1v) is 7.54. The molecule has 5 nitrogen and oxygen atoms in total. The second-order valence-corrected chi connectivity index (χ2v) is 5.64. The van der Waals surface area contributed by atoms with Crippen molar-refractivity contribution >= 4 is 5.97 Å². The molecule has 0 unspecified atom stereocenters. The van der Waals surface area contributed by atoms with Crippen LogP contribution in [0.3, 0.4) is 0 Å². The number of rotatable bonds is 5. The Balaban J connectivity index is 1.90. The molecule has 1 saturated carbocycles. The standard InChI is InChI=1S/C18H16N2O3/c19-10-14-9-13(17-15(18(21)22)5-2-8-20-17)6-7-16(14)23-11-12-3-1-4-12/h2,5-9,12H,1,3-4,11H2,(H,21,22). The van der Waals surface area contributed by atoms with Crippen molar-refractivity contribution in [1.29, 1.82) is 5.26 Å². The normalized spacial score (nSPS) is 13.9. The molecule has 23 heavy (non-hydrogen) atoms. The molecule has 1 aromatic heterocycles. The molecule has 1 aliphatic rings. The second-order valence-electron chi connectivity index (χ2n) is 5.64. The van der Waals surface area contributed by atoms with Gasteiger partial charge >= 0.3 is 5.97 Å². The number of ether oxygens (including phenoxy) is 1. The van der Waals surface area contributed by atoms with Gasteiger partial charge in [-0.2, -0.15) is 5.26 Å². The number of carboxylic acid groups (broad SMARTS) is 1. The summed E-state index contributed by atoms with van der Waals surface area (Å²) in [5.41, 5.74) is 1.45. The maximum Gasteiger partial charge on any atom is 0.337 e. The van der Waals surface area contributed by atoms with Crippen LogP contribution in [0.4, 0.5) is 0 Å². The summed E-state index contributed by atoms with van der Waals surface area (Å²) in [6.45, 7) is 0.623. The lowest BCUT2D eigenvalue weighted by atomic mass is 9.86. The number of hydrogen-bond donors (Lipinski definition) is 1. The smallest absolute Gasteiger partial charge is 0.337 e. The number of nitriles is 1.